The van der Waals surface area contributed by atoms with Gasteiger partial charge in [-0.05, 0) is 49.1 Å². The predicted octanol–water partition coefficient (Wildman–Crippen LogP) is 3.55. The Morgan fingerprint density at radius 1 is 1.35 bits per heavy atom. The molecule has 1 heterocycles. The van der Waals surface area contributed by atoms with Gasteiger partial charge in [-0.2, -0.15) is 0 Å². The largest absolute Gasteiger partial charge is 0.490 e. The van der Waals surface area contributed by atoms with Crippen LogP contribution in [0.5, 0.6) is 5.75 Å². The summed E-state index contributed by atoms with van der Waals surface area (Å²) in [6, 6.07) is 5.30. The van der Waals surface area contributed by atoms with Crippen LogP contribution in [0.25, 0.3) is 5.57 Å². The van der Waals surface area contributed by atoms with Gasteiger partial charge in [0.05, 0.1) is 6.61 Å². The minimum Gasteiger partial charge on any atom is -0.490 e. The van der Waals surface area contributed by atoms with Crippen LogP contribution in [0.1, 0.15) is 24.8 Å². The number of benzene rings is 1. The van der Waals surface area contributed by atoms with Gasteiger partial charge in [-0.25, -0.2) is 4.39 Å². The van der Waals surface area contributed by atoms with Gasteiger partial charge in [0.15, 0.2) is 11.6 Å². The summed E-state index contributed by atoms with van der Waals surface area (Å²) < 4.78 is 19.7. The highest BCUT2D eigenvalue weighted by atomic mass is 19.1. The minimum atomic E-state index is -0.260. The highest BCUT2D eigenvalue weighted by Gasteiger charge is 2.16. The van der Waals surface area contributed by atoms with Crippen LogP contribution in [-0.2, 0) is 0 Å². The fraction of sp³-hybridized carbons (Fsp3) is 0.412. The van der Waals surface area contributed by atoms with Crippen LogP contribution >= 0.6 is 0 Å². The van der Waals surface area contributed by atoms with E-state index in [0.29, 0.717) is 18.3 Å². The average molecular weight is 273 g/mol. The van der Waals surface area contributed by atoms with E-state index >= 15 is 0 Å². The fourth-order valence-corrected chi connectivity index (χ4v) is 2.73. The van der Waals surface area contributed by atoms with Crippen LogP contribution in [0, 0.1) is 11.7 Å². The van der Waals surface area contributed by atoms with E-state index in [0.717, 1.165) is 37.9 Å². The molecule has 2 aliphatic rings. The lowest BCUT2D eigenvalue weighted by Gasteiger charge is -2.14. The number of allylic oxidation sites excluding steroid dienone is 4. The van der Waals surface area contributed by atoms with Crippen molar-refractivity contribution in [3.8, 4) is 5.75 Å². The molecule has 0 amide bonds. The molecule has 3 heteroatoms. The van der Waals surface area contributed by atoms with Crippen molar-refractivity contribution < 1.29 is 9.13 Å². The molecule has 2 nitrogen and oxygen atoms in total. The molecule has 3 rings (SSSR count). The summed E-state index contributed by atoms with van der Waals surface area (Å²) in [4.78, 5) is 0. The van der Waals surface area contributed by atoms with Crippen molar-refractivity contribution in [3.63, 3.8) is 0 Å². The molecule has 1 N–H and O–H groups in total. The summed E-state index contributed by atoms with van der Waals surface area (Å²) in [6.45, 7) is 2.60. The summed E-state index contributed by atoms with van der Waals surface area (Å²) in [5.74, 6) is 0.608. The third-order valence-electron chi connectivity index (χ3n) is 3.95. The van der Waals surface area contributed by atoms with Crippen LogP contribution < -0.4 is 10.1 Å². The van der Waals surface area contributed by atoms with Gasteiger partial charge in [-0.15, -0.1) is 0 Å². The quantitative estimate of drug-likeness (QED) is 0.906. The second kappa shape index (κ2) is 6.23. The highest BCUT2D eigenvalue weighted by Crippen LogP contribution is 2.27. The van der Waals surface area contributed by atoms with Gasteiger partial charge in [0.2, 0.25) is 0 Å². The van der Waals surface area contributed by atoms with Crippen LogP contribution in [0.15, 0.2) is 36.4 Å². The smallest absolute Gasteiger partial charge is 0.165 e. The molecule has 1 fully saturated rings. The van der Waals surface area contributed by atoms with E-state index < -0.39 is 0 Å². The monoisotopic (exact) mass is 273 g/mol. The molecular weight excluding hydrogens is 253 g/mol. The molecule has 20 heavy (non-hydrogen) atoms. The lowest BCUT2D eigenvalue weighted by molar-refractivity contribution is 0.249. The molecule has 0 saturated carbocycles. The van der Waals surface area contributed by atoms with E-state index in [-0.39, 0.29) is 5.82 Å². The molecule has 0 aromatic heterocycles. The number of hydrogen-bond acceptors (Lipinski definition) is 2. The summed E-state index contributed by atoms with van der Waals surface area (Å²) in [7, 11) is 0. The Labute approximate surface area is 119 Å². The Bertz CT molecular complexity index is 530. The maximum atomic E-state index is 14.1. The Hall–Kier alpha value is -1.61. The van der Waals surface area contributed by atoms with Crippen LogP contribution in [0.3, 0.4) is 0 Å². The van der Waals surface area contributed by atoms with Gasteiger partial charge in [0.1, 0.15) is 0 Å². The summed E-state index contributed by atoms with van der Waals surface area (Å²) in [6.07, 6.45) is 9.34. The Kier molecular flexibility index (Phi) is 4.16. The second-order valence-corrected chi connectivity index (χ2v) is 5.47. The molecule has 106 valence electrons. The molecule has 1 aromatic rings. The Balaban J connectivity index is 1.67. The van der Waals surface area contributed by atoms with Gasteiger partial charge in [-0.1, -0.05) is 24.3 Å². The Morgan fingerprint density at radius 3 is 3.00 bits per heavy atom. The first-order valence-electron chi connectivity index (χ1n) is 7.32. The standard InChI is InChI=1S/C17H20FNO/c18-16-10-15(14-4-2-1-3-5-14)6-7-17(16)20-12-13-8-9-19-11-13/h1-2,4,6-7,10,13,19H,3,5,8-9,11-12H2/t13-/m1/s1. The van der Waals surface area contributed by atoms with Crippen LogP contribution in [0.4, 0.5) is 4.39 Å². The Morgan fingerprint density at radius 2 is 2.30 bits per heavy atom. The zero-order valence-corrected chi connectivity index (χ0v) is 11.6. The van der Waals surface area contributed by atoms with Gasteiger partial charge >= 0.3 is 0 Å². The molecule has 0 spiro atoms. The second-order valence-electron chi connectivity index (χ2n) is 5.47. The lowest BCUT2D eigenvalue weighted by Crippen LogP contribution is -2.15. The molecule has 1 aliphatic heterocycles. The van der Waals surface area contributed by atoms with Crippen molar-refractivity contribution in [2.75, 3.05) is 19.7 Å². The maximum Gasteiger partial charge on any atom is 0.165 e. The third-order valence-corrected chi connectivity index (χ3v) is 3.95. The normalized spacial score (nSPS) is 21.9. The number of nitrogens with one attached hydrogen (secondary N) is 1. The van der Waals surface area contributed by atoms with E-state index in [9.17, 15) is 4.39 Å². The molecule has 1 atom stereocenters. The van der Waals surface area contributed by atoms with E-state index in [1.54, 1.807) is 12.1 Å². The van der Waals surface area contributed by atoms with Crippen LogP contribution in [0.2, 0.25) is 0 Å². The molecule has 1 saturated heterocycles. The number of hydrogen-bond donors (Lipinski definition) is 1. The number of ether oxygens (including phenoxy) is 1. The van der Waals surface area contributed by atoms with Crippen molar-refractivity contribution in [2.45, 2.75) is 19.3 Å². The van der Waals surface area contributed by atoms with Crippen molar-refractivity contribution in [1.82, 2.24) is 5.32 Å². The van der Waals surface area contributed by atoms with Gasteiger partial charge in [0.25, 0.3) is 0 Å². The predicted molar refractivity (Wildman–Crippen MR) is 79.2 cm³/mol. The van der Waals surface area contributed by atoms with Crippen LogP contribution in [-0.4, -0.2) is 19.7 Å². The average Bonchev–Trinajstić information content (AvgIpc) is 3.00. The van der Waals surface area contributed by atoms with Gasteiger partial charge in [0, 0.05) is 12.5 Å². The van der Waals surface area contributed by atoms with E-state index in [4.69, 9.17) is 4.74 Å². The third kappa shape index (κ3) is 3.10. The van der Waals surface area contributed by atoms with E-state index in [1.807, 2.05) is 12.1 Å². The first kappa shape index (κ1) is 13.4. The highest BCUT2D eigenvalue weighted by molar-refractivity contribution is 5.68. The SMILES string of the molecule is Fc1cc(C2=CC=CCC2)ccc1OC[C@@H]1CCNC1. The molecule has 0 bridgehead atoms. The van der Waals surface area contributed by atoms with Crippen molar-refractivity contribution in [1.29, 1.82) is 0 Å². The van der Waals surface area contributed by atoms with Crippen molar-refractivity contribution >= 4 is 5.57 Å². The number of rotatable bonds is 4. The minimum absolute atomic E-state index is 0.260. The zero-order valence-electron chi connectivity index (χ0n) is 11.6. The molecule has 0 unspecified atom stereocenters. The summed E-state index contributed by atoms with van der Waals surface area (Å²) in [5.41, 5.74) is 2.15. The molecular formula is C17H20FNO. The lowest BCUT2D eigenvalue weighted by atomic mass is 9.97. The summed E-state index contributed by atoms with van der Waals surface area (Å²) in [5, 5.41) is 3.29. The molecule has 1 aromatic carbocycles. The number of halogens is 1. The van der Waals surface area contributed by atoms with Gasteiger partial charge < -0.3 is 10.1 Å². The first-order valence-corrected chi connectivity index (χ1v) is 7.32. The topological polar surface area (TPSA) is 21.3 Å². The first-order chi connectivity index (χ1) is 9.83. The van der Waals surface area contributed by atoms with Crippen molar-refractivity contribution in [2.24, 2.45) is 5.92 Å². The summed E-state index contributed by atoms with van der Waals surface area (Å²) >= 11 is 0. The van der Waals surface area contributed by atoms with Gasteiger partial charge in [-0.3, -0.25) is 0 Å². The molecule has 1 aliphatic carbocycles. The molecule has 0 radical (unpaired) electrons. The maximum absolute atomic E-state index is 14.1. The van der Waals surface area contributed by atoms with E-state index in [1.165, 1.54) is 5.57 Å². The van der Waals surface area contributed by atoms with E-state index in [2.05, 4.69) is 17.5 Å². The van der Waals surface area contributed by atoms with Crippen molar-refractivity contribution in [3.05, 3.63) is 47.8 Å². The zero-order chi connectivity index (χ0) is 13.8. The fourth-order valence-electron chi connectivity index (χ4n) is 2.73.